The Morgan fingerprint density at radius 3 is 2.76 bits per heavy atom. The first-order chi connectivity index (χ1) is 15.7. The third-order valence-corrected chi connectivity index (χ3v) is 8.15. The summed E-state index contributed by atoms with van der Waals surface area (Å²) in [6.45, 7) is 4.34. The zero-order valence-corrected chi connectivity index (χ0v) is 19.8. The number of benzene rings is 1. The molecule has 9 nitrogen and oxygen atoms in total. The van der Waals surface area contributed by atoms with Crippen LogP contribution in [0.3, 0.4) is 0 Å². The minimum atomic E-state index is -3.81. The molecule has 2 saturated heterocycles. The molecule has 0 saturated carbocycles. The van der Waals surface area contributed by atoms with Gasteiger partial charge in [0.2, 0.25) is 15.9 Å². The van der Waals surface area contributed by atoms with Crippen molar-refractivity contribution < 1.29 is 18.0 Å². The van der Waals surface area contributed by atoms with Crippen molar-refractivity contribution >= 4 is 44.9 Å². The Kier molecular flexibility index (Phi) is 6.87. The van der Waals surface area contributed by atoms with Gasteiger partial charge in [-0.1, -0.05) is 18.5 Å². The number of piperidine rings is 1. The topological polar surface area (TPSA) is 112 Å². The van der Waals surface area contributed by atoms with Crippen LogP contribution in [-0.4, -0.2) is 62.2 Å². The van der Waals surface area contributed by atoms with E-state index in [9.17, 15) is 18.0 Å². The van der Waals surface area contributed by atoms with Gasteiger partial charge in [0.05, 0.1) is 23.5 Å². The minimum absolute atomic E-state index is 0.0621. The van der Waals surface area contributed by atoms with E-state index in [0.717, 1.165) is 12.8 Å². The summed E-state index contributed by atoms with van der Waals surface area (Å²) in [7, 11) is -3.81. The highest BCUT2D eigenvalue weighted by molar-refractivity contribution is 7.89. The monoisotopic (exact) mass is 491 g/mol. The first kappa shape index (κ1) is 23.5. The Hall–Kier alpha value is -2.69. The van der Waals surface area contributed by atoms with Gasteiger partial charge in [0, 0.05) is 31.7 Å². The van der Waals surface area contributed by atoms with Crippen molar-refractivity contribution in [2.75, 3.05) is 42.9 Å². The second-order valence-electron chi connectivity index (χ2n) is 8.39. The van der Waals surface area contributed by atoms with E-state index < -0.39 is 15.9 Å². The summed E-state index contributed by atoms with van der Waals surface area (Å²) in [5.74, 6) is 0.377. The van der Waals surface area contributed by atoms with Crippen molar-refractivity contribution in [1.29, 1.82) is 0 Å². The van der Waals surface area contributed by atoms with Gasteiger partial charge in [0.25, 0.3) is 5.91 Å². The van der Waals surface area contributed by atoms with Gasteiger partial charge in [-0.05, 0) is 49.1 Å². The number of carbonyl (C=O) groups is 2. The zero-order valence-electron chi connectivity index (χ0n) is 18.3. The fraction of sp³-hybridized carbons (Fsp3) is 0.409. The molecule has 1 aromatic heterocycles. The molecule has 2 aliphatic rings. The highest BCUT2D eigenvalue weighted by Crippen LogP contribution is 2.29. The first-order valence-corrected chi connectivity index (χ1v) is 12.6. The van der Waals surface area contributed by atoms with Crippen LogP contribution in [0.2, 0.25) is 5.02 Å². The highest BCUT2D eigenvalue weighted by Gasteiger charge is 2.31. The molecule has 1 unspecified atom stereocenters. The average Bonchev–Trinajstić information content (AvgIpc) is 2.79. The number of hydrogen-bond donors (Lipinski definition) is 2. The summed E-state index contributed by atoms with van der Waals surface area (Å²) in [4.78, 5) is 30.5. The number of amides is 2. The summed E-state index contributed by atoms with van der Waals surface area (Å²) < 4.78 is 27.8. The summed E-state index contributed by atoms with van der Waals surface area (Å²) in [6, 6.07) is 7.66. The molecule has 1 aromatic carbocycles. The number of rotatable bonds is 5. The average molecular weight is 492 g/mol. The maximum atomic E-state index is 13.2. The molecule has 2 fully saturated rings. The molecule has 3 heterocycles. The minimum Gasteiger partial charge on any atom is -0.353 e. The molecule has 0 radical (unpaired) electrons. The van der Waals surface area contributed by atoms with Crippen LogP contribution >= 0.6 is 11.6 Å². The lowest BCUT2D eigenvalue weighted by molar-refractivity contribution is -0.120. The summed E-state index contributed by atoms with van der Waals surface area (Å²) >= 11 is 6.22. The van der Waals surface area contributed by atoms with Gasteiger partial charge < -0.3 is 15.5 Å². The largest absolute Gasteiger partial charge is 0.353 e. The molecule has 2 aromatic rings. The van der Waals surface area contributed by atoms with E-state index in [2.05, 4.69) is 15.6 Å². The van der Waals surface area contributed by atoms with Crippen LogP contribution in [-0.2, 0) is 14.8 Å². The highest BCUT2D eigenvalue weighted by atomic mass is 35.5. The van der Waals surface area contributed by atoms with Crippen molar-refractivity contribution in [2.24, 2.45) is 5.92 Å². The van der Waals surface area contributed by atoms with Crippen molar-refractivity contribution in [3.8, 4) is 0 Å². The SMILES string of the molecule is CC1CCCN(S(=O)(=O)c2cc(C(=O)Nc3ccc(N4CCNC(=O)C4)nc3)ccc2Cl)C1. The Bertz CT molecular complexity index is 1160. The van der Waals surface area contributed by atoms with Gasteiger partial charge in [-0.3, -0.25) is 9.59 Å². The van der Waals surface area contributed by atoms with Crippen molar-refractivity contribution in [3.05, 3.63) is 47.1 Å². The second kappa shape index (κ2) is 9.66. The molecule has 2 aliphatic heterocycles. The van der Waals surface area contributed by atoms with Crippen LogP contribution in [0.5, 0.6) is 0 Å². The second-order valence-corrected chi connectivity index (χ2v) is 10.7. The smallest absolute Gasteiger partial charge is 0.255 e. The van der Waals surface area contributed by atoms with Crippen LogP contribution in [0.4, 0.5) is 11.5 Å². The standard InChI is InChI=1S/C22H26ClN5O4S/c1-15-3-2-9-28(13-15)33(31,32)19-11-16(4-6-18(19)23)22(30)26-17-5-7-20(25-12-17)27-10-8-24-21(29)14-27/h4-7,11-12,15H,2-3,8-10,13-14H2,1H3,(H,24,29)(H,26,30). The van der Waals surface area contributed by atoms with Crippen molar-refractivity contribution in [2.45, 2.75) is 24.7 Å². The number of carbonyl (C=O) groups excluding carboxylic acids is 2. The normalized spacial score (nSPS) is 19.8. The van der Waals surface area contributed by atoms with E-state index in [1.165, 1.54) is 28.7 Å². The van der Waals surface area contributed by atoms with E-state index in [1.54, 1.807) is 12.1 Å². The van der Waals surface area contributed by atoms with E-state index in [4.69, 9.17) is 11.6 Å². The number of hydrogen-bond acceptors (Lipinski definition) is 6. The molecule has 0 spiro atoms. The fourth-order valence-corrected chi connectivity index (χ4v) is 6.13. The molecule has 2 amide bonds. The van der Waals surface area contributed by atoms with E-state index in [0.29, 0.717) is 37.7 Å². The van der Waals surface area contributed by atoms with Crippen LogP contribution < -0.4 is 15.5 Å². The number of nitrogens with zero attached hydrogens (tertiary/aromatic N) is 3. The predicted molar refractivity (Wildman–Crippen MR) is 126 cm³/mol. The van der Waals surface area contributed by atoms with E-state index >= 15 is 0 Å². The lowest BCUT2D eigenvalue weighted by Gasteiger charge is -2.30. The molecule has 4 rings (SSSR count). The third-order valence-electron chi connectivity index (χ3n) is 5.80. The number of piperazine rings is 1. The number of pyridine rings is 1. The Morgan fingerprint density at radius 2 is 2.06 bits per heavy atom. The van der Waals surface area contributed by atoms with Crippen LogP contribution in [0.1, 0.15) is 30.1 Å². The van der Waals surface area contributed by atoms with E-state index in [1.807, 2.05) is 11.8 Å². The lowest BCUT2D eigenvalue weighted by atomic mass is 10.0. The van der Waals surface area contributed by atoms with Gasteiger partial charge in [-0.25, -0.2) is 13.4 Å². The summed E-state index contributed by atoms with van der Waals surface area (Å²) in [6.07, 6.45) is 3.28. The fourth-order valence-electron chi connectivity index (χ4n) is 4.03. The van der Waals surface area contributed by atoms with Gasteiger partial charge in [-0.2, -0.15) is 4.31 Å². The number of anilines is 2. The lowest BCUT2D eigenvalue weighted by Crippen LogP contribution is -2.48. The number of aromatic nitrogens is 1. The van der Waals surface area contributed by atoms with Crippen LogP contribution in [0, 0.1) is 5.92 Å². The number of sulfonamides is 1. The maximum Gasteiger partial charge on any atom is 0.255 e. The molecule has 11 heteroatoms. The predicted octanol–water partition coefficient (Wildman–Crippen LogP) is 2.34. The number of nitrogens with one attached hydrogen (secondary N) is 2. The van der Waals surface area contributed by atoms with Crippen LogP contribution in [0.15, 0.2) is 41.4 Å². The van der Waals surface area contributed by atoms with Gasteiger partial charge >= 0.3 is 0 Å². The first-order valence-electron chi connectivity index (χ1n) is 10.8. The molecule has 176 valence electrons. The van der Waals surface area contributed by atoms with Gasteiger partial charge in [0.15, 0.2) is 0 Å². The van der Waals surface area contributed by atoms with Gasteiger partial charge in [-0.15, -0.1) is 0 Å². The Morgan fingerprint density at radius 1 is 1.24 bits per heavy atom. The maximum absolute atomic E-state index is 13.2. The zero-order chi connectivity index (χ0) is 23.6. The molecule has 33 heavy (non-hydrogen) atoms. The molecule has 2 N–H and O–H groups in total. The molecular formula is C22H26ClN5O4S. The van der Waals surface area contributed by atoms with Crippen molar-refractivity contribution in [3.63, 3.8) is 0 Å². The Labute approximate surface area is 198 Å². The molecular weight excluding hydrogens is 466 g/mol. The van der Waals surface area contributed by atoms with Crippen molar-refractivity contribution in [1.82, 2.24) is 14.6 Å². The van der Waals surface area contributed by atoms with Crippen LogP contribution in [0.25, 0.3) is 0 Å². The summed E-state index contributed by atoms with van der Waals surface area (Å²) in [5, 5.41) is 5.57. The third kappa shape index (κ3) is 5.29. The quantitative estimate of drug-likeness (QED) is 0.664. The molecule has 0 bridgehead atoms. The van der Waals surface area contributed by atoms with Gasteiger partial charge in [0.1, 0.15) is 10.7 Å². The molecule has 0 aliphatic carbocycles. The molecule has 1 atom stereocenters. The Balaban J connectivity index is 1.49. The number of halogens is 1. The summed E-state index contributed by atoms with van der Waals surface area (Å²) in [5.41, 5.74) is 0.634. The van der Waals surface area contributed by atoms with E-state index in [-0.39, 0.29) is 33.9 Å².